The predicted octanol–water partition coefficient (Wildman–Crippen LogP) is 3.76. The minimum absolute atomic E-state index is 0.109. The number of halogens is 1. The van der Waals surface area contributed by atoms with Crippen molar-refractivity contribution in [3.05, 3.63) is 97.4 Å². The molecule has 3 atom stereocenters. The predicted molar refractivity (Wildman–Crippen MR) is 170 cm³/mol. The van der Waals surface area contributed by atoms with Gasteiger partial charge in [-0.2, -0.15) is 0 Å². The van der Waals surface area contributed by atoms with Crippen molar-refractivity contribution in [3.8, 4) is 5.75 Å². The van der Waals surface area contributed by atoms with Crippen molar-refractivity contribution < 1.29 is 27.5 Å². The van der Waals surface area contributed by atoms with E-state index in [1.165, 1.54) is 33.7 Å². The van der Waals surface area contributed by atoms with Crippen molar-refractivity contribution in [2.75, 3.05) is 17.3 Å². The van der Waals surface area contributed by atoms with Crippen molar-refractivity contribution in [1.29, 1.82) is 0 Å². The van der Waals surface area contributed by atoms with Crippen LogP contribution in [0.2, 0.25) is 0 Å². The summed E-state index contributed by atoms with van der Waals surface area (Å²) in [5.74, 6) is -2.09. The fraction of sp³-hybridized carbons (Fsp3) is 0.172. The number of ether oxygens (including phenoxy) is 1. The molecule has 0 bridgehead atoms. The minimum atomic E-state index is -3.90. The van der Waals surface area contributed by atoms with E-state index in [4.69, 9.17) is 9.88 Å². The molecule has 11 nitrogen and oxygen atoms in total. The highest BCUT2D eigenvalue weighted by molar-refractivity contribution is 9.10. The Morgan fingerprint density at radius 1 is 0.977 bits per heavy atom. The maximum Gasteiger partial charge on any atom is 0.308 e. The number of nitrogens with one attached hydrogen (secondary N) is 1. The first-order chi connectivity index (χ1) is 21.0. The number of thioether (sulfide) groups is 1. The van der Waals surface area contributed by atoms with Gasteiger partial charge in [0.15, 0.2) is 0 Å². The van der Waals surface area contributed by atoms with Gasteiger partial charge in [-0.05, 0) is 66.2 Å². The Bertz CT molecular complexity index is 1960. The number of methoxy groups -OCH3 is 1. The second kappa shape index (κ2) is 11.6. The van der Waals surface area contributed by atoms with Crippen LogP contribution in [0.5, 0.6) is 5.75 Å². The first kappa shape index (κ1) is 30.3. The zero-order valence-corrected chi connectivity index (χ0v) is 26.8. The molecular formula is C29H23BrN4O7S3. The minimum Gasteiger partial charge on any atom is -0.497 e. The Morgan fingerprint density at radius 2 is 1.64 bits per heavy atom. The molecule has 3 aromatic carbocycles. The average Bonchev–Trinajstić information content (AvgIpc) is 3.43. The lowest BCUT2D eigenvalue weighted by atomic mass is 9.83. The summed E-state index contributed by atoms with van der Waals surface area (Å²) in [7, 11) is -2.36. The Morgan fingerprint density at radius 3 is 2.25 bits per heavy atom. The Balaban J connectivity index is 1.37. The number of nitrogens with zero attached hydrogens (tertiary/aromatic N) is 2. The number of sulfonamides is 1. The molecule has 2 aliphatic heterocycles. The van der Waals surface area contributed by atoms with Crippen LogP contribution in [0.3, 0.4) is 0 Å². The van der Waals surface area contributed by atoms with E-state index >= 15 is 0 Å². The maximum atomic E-state index is 14.0. The molecular weight excluding hydrogens is 692 g/mol. The van der Waals surface area contributed by atoms with Crippen molar-refractivity contribution in [1.82, 2.24) is 4.57 Å². The van der Waals surface area contributed by atoms with Crippen LogP contribution in [-0.2, 0) is 31.0 Å². The Kier molecular flexibility index (Phi) is 8.00. The van der Waals surface area contributed by atoms with E-state index < -0.39 is 43.8 Å². The molecule has 0 aliphatic carbocycles. The van der Waals surface area contributed by atoms with Gasteiger partial charge in [0.25, 0.3) is 0 Å². The van der Waals surface area contributed by atoms with Gasteiger partial charge in [0.2, 0.25) is 27.7 Å². The number of hydrogen-bond acceptors (Lipinski definition) is 9. The summed E-state index contributed by atoms with van der Waals surface area (Å²) in [6, 6.07) is 19.3. The van der Waals surface area contributed by atoms with E-state index in [0.717, 1.165) is 33.1 Å². The third-order valence-electron chi connectivity index (χ3n) is 7.38. The number of imide groups is 1. The summed E-state index contributed by atoms with van der Waals surface area (Å²) in [5, 5.41) is 7.41. The number of fused-ring (bicyclic) bond motifs is 2. The average molecular weight is 716 g/mol. The Labute approximate surface area is 268 Å². The third-order valence-corrected chi connectivity index (χ3v) is 11.4. The highest BCUT2D eigenvalue weighted by Gasteiger charge is 2.56. The topological polar surface area (TPSA) is 158 Å². The molecule has 3 amide bonds. The van der Waals surface area contributed by atoms with Crippen LogP contribution in [-0.4, -0.2) is 43.1 Å². The first-order valence-corrected chi connectivity index (χ1v) is 17.1. The van der Waals surface area contributed by atoms with Crippen molar-refractivity contribution in [2.24, 2.45) is 11.1 Å². The normalized spacial score (nSPS) is 19.4. The van der Waals surface area contributed by atoms with Gasteiger partial charge in [-0.25, -0.2) is 18.5 Å². The molecule has 44 heavy (non-hydrogen) atoms. The van der Waals surface area contributed by atoms with Crippen LogP contribution in [0.15, 0.2) is 92.0 Å². The molecule has 1 fully saturated rings. The van der Waals surface area contributed by atoms with E-state index in [9.17, 15) is 27.6 Å². The van der Waals surface area contributed by atoms with E-state index in [1.54, 1.807) is 43.5 Å². The van der Waals surface area contributed by atoms with Crippen LogP contribution in [0.1, 0.15) is 16.4 Å². The first-order valence-electron chi connectivity index (χ1n) is 13.1. The third kappa shape index (κ3) is 5.49. The second-order valence-corrected chi connectivity index (χ2v) is 14.6. The fourth-order valence-electron chi connectivity index (χ4n) is 5.34. The standard InChI is InChI=1S/C29H23BrN4O7S3/c1-41-19-10-2-15(3-11-19)22-23-24(27(37)34(26(23)36)18-8-4-16(30)5-9-18)42-28-25(22)43-29(38)33(28)14-21(35)32-17-6-12-20(13-7-17)44(31,39)40/h2-13,22-24H,14H2,1H3,(H,32,35)(H2,31,39,40)/t22-,23+,24-/m0/s1. The second-order valence-electron chi connectivity index (χ2n) is 10.0. The molecule has 226 valence electrons. The number of benzene rings is 3. The summed E-state index contributed by atoms with van der Waals surface area (Å²) in [5.41, 5.74) is 1.49. The van der Waals surface area contributed by atoms with Crippen LogP contribution in [0.4, 0.5) is 11.4 Å². The number of amides is 3. The summed E-state index contributed by atoms with van der Waals surface area (Å²) >= 11 is 5.44. The van der Waals surface area contributed by atoms with E-state index in [-0.39, 0.29) is 17.3 Å². The van der Waals surface area contributed by atoms with E-state index in [0.29, 0.717) is 27.0 Å². The quantitative estimate of drug-likeness (QED) is 0.274. The Hall–Kier alpha value is -3.76. The highest BCUT2D eigenvalue weighted by atomic mass is 79.9. The molecule has 3 heterocycles. The number of thiazole rings is 1. The zero-order chi connectivity index (χ0) is 31.3. The van der Waals surface area contributed by atoms with Gasteiger partial charge in [-0.1, -0.05) is 51.2 Å². The summed E-state index contributed by atoms with van der Waals surface area (Å²) in [6.07, 6.45) is 0. The number of carbonyl (C=O) groups is 3. The van der Waals surface area contributed by atoms with Gasteiger partial charge < -0.3 is 10.1 Å². The lowest BCUT2D eigenvalue weighted by molar-refractivity contribution is -0.122. The van der Waals surface area contributed by atoms with Crippen molar-refractivity contribution >= 4 is 78.1 Å². The molecule has 1 aromatic heterocycles. The number of primary sulfonamides is 1. The van der Waals surface area contributed by atoms with E-state index in [2.05, 4.69) is 21.2 Å². The number of aromatic nitrogens is 1. The lowest BCUT2D eigenvalue weighted by Crippen LogP contribution is -2.33. The van der Waals surface area contributed by atoms with Crippen LogP contribution in [0, 0.1) is 5.92 Å². The van der Waals surface area contributed by atoms with Gasteiger partial charge in [-0.3, -0.25) is 23.7 Å². The molecule has 2 aliphatic rings. The molecule has 0 spiro atoms. The number of rotatable bonds is 7. The zero-order valence-electron chi connectivity index (χ0n) is 22.8. The van der Waals surface area contributed by atoms with Gasteiger partial charge >= 0.3 is 4.87 Å². The molecule has 4 aromatic rings. The number of hydrogen-bond donors (Lipinski definition) is 2. The van der Waals surface area contributed by atoms with E-state index in [1.807, 2.05) is 12.1 Å². The summed E-state index contributed by atoms with van der Waals surface area (Å²) in [4.78, 5) is 55.5. The molecule has 0 saturated carbocycles. The van der Waals surface area contributed by atoms with Gasteiger partial charge in [0.05, 0.1) is 28.6 Å². The number of anilines is 2. The molecule has 1 saturated heterocycles. The molecule has 3 N–H and O–H groups in total. The number of nitrogens with two attached hydrogens (primary N) is 1. The van der Waals surface area contributed by atoms with Gasteiger partial charge in [0.1, 0.15) is 17.5 Å². The lowest BCUT2D eigenvalue weighted by Gasteiger charge is -2.30. The van der Waals surface area contributed by atoms with Crippen molar-refractivity contribution in [3.63, 3.8) is 0 Å². The van der Waals surface area contributed by atoms with Crippen LogP contribution < -0.4 is 25.0 Å². The van der Waals surface area contributed by atoms with Gasteiger partial charge in [-0.15, -0.1) is 0 Å². The highest BCUT2D eigenvalue weighted by Crippen LogP contribution is 2.54. The molecule has 15 heteroatoms. The summed E-state index contributed by atoms with van der Waals surface area (Å²) in [6.45, 7) is -0.361. The number of carbonyl (C=O) groups excluding carboxylic acids is 3. The maximum absolute atomic E-state index is 14.0. The monoisotopic (exact) mass is 714 g/mol. The molecule has 0 unspecified atom stereocenters. The van der Waals surface area contributed by atoms with Crippen molar-refractivity contribution in [2.45, 2.75) is 27.6 Å². The SMILES string of the molecule is COc1ccc([C@@H]2c3sc(=O)n(CC(=O)Nc4ccc(S(N)(=O)=O)cc4)c3S[C@@H]3C(=O)N(c4ccc(Br)cc4)C(=O)[C@H]23)cc1. The van der Waals surface area contributed by atoms with Gasteiger partial charge in [0, 0.05) is 21.0 Å². The van der Waals surface area contributed by atoms with Crippen LogP contribution >= 0.6 is 39.0 Å². The molecule has 6 rings (SSSR count). The smallest absolute Gasteiger partial charge is 0.308 e. The van der Waals surface area contributed by atoms with Crippen LogP contribution in [0.25, 0.3) is 0 Å². The fourth-order valence-corrected chi connectivity index (χ4v) is 8.90. The molecule has 0 radical (unpaired) electrons. The largest absolute Gasteiger partial charge is 0.497 e. The summed E-state index contributed by atoms with van der Waals surface area (Å²) < 4.78 is 30.5.